The van der Waals surface area contributed by atoms with Crippen molar-refractivity contribution in [3.63, 3.8) is 0 Å². The first-order valence-electron chi connectivity index (χ1n) is 13.1. The highest BCUT2D eigenvalue weighted by atomic mass is 35.5. The van der Waals surface area contributed by atoms with Crippen molar-refractivity contribution in [1.82, 2.24) is 9.97 Å². The lowest BCUT2D eigenvalue weighted by Crippen LogP contribution is -2.26. The van der Waals surface area contributed by atoms with Crippen LogP contribution in [0, 0.1) is 12.8 Å². The fourth-order valence-corrected chi connectivity index (χ4v) is 5.43. The number of rotatable bonds is 7. The van der Waals surface area contributed by atoms with Gasteiger partial charge in [-0.1, -0.05) is 24.2 Å². The molecule has 194 valence electrons. The van der Waals surface area contributed by atoms with E-state index < -0.39 is 0 Å². The zero-order valence-corrected chi connectivity index (χ0v) is 22.6. The van der Waals surface area contributed by atoms with Gasteiger partial charge in [-0.3, -0.25) is 4.98 Å². The van der Waals surface area contributed by atoms with Crippen LogP contribution in [0.25, 0.3) is 27.6 Å². The standard InChI is InChI=1S/C31H32ClN5O/c1-18(20-4-5-20)26-16-34-28-8-6-21(22-13-27(32)19(2)29(14-22)38-3)12-25(28)31(26)36-24-7-9-30(35-15-24)37-11-10-23(33)17-37/h6-9,12-16,20,23H,1,4-5,10-11,17,33H2,2-3H3,(H,34,36). The van der Waals surface area contributed by atoms with Crippen LogP contribution in [0.4, 0.5) is 17.2 Å². The summed E-state index contributed by atoms with van der Waals surface area (Å²) < 4.78 is 5.58. The molecule has 1 saturated heterocycles. The summed E-state index contributed by atoms with van der Waals surface area (Å²) in [6, 6.07) is 14.7. The van der Waals surface area contributed by atoms with Gasteiger partial charge in [0.15, 0.2) is 0 Å². The van der Waals surface area contributed by atoms with E-state index >= 15 is 0 Å². The summed E-state index contributed by atoms with van der Waals surface area (Å²) >= 11 is 6.55. The number of fused-ring (bicyclic) bond motifs is 1. The molecule has 2 fully saturated rings. The Hall–Kier alpha value is -3.61. The van der Waals surface area contributed by atoms with Gasteiger partial charge in [-0.2, -0.15) is 0 Å². The Kier molecular flexibility index (Phi) is 6.46. The fraction of sp³-hybridized carbons (Fsp3) is 0.290. The summed E-state index contributed by atoms with van der Waals surface area (Å²) in [6.45, 7) is 8.20. The molecule has 0 radical (unpaired) electrons. The van der Waals surface area contributed by atoms with Gasteiger partial charge in [0.2, 0.25) is 0 Å². The van der Waals surface area contributed by atoms with Crippen molar-refractivity contribution in [2.45, 2.75) is 32.2 Å². The van der Waals surface area contributed by atoms with Crippen molar-refractivity contribution in [2.75, 3.05) is 30.4 Å². The number of methoxy groups -OCH3 is 1. The molecule has 1 atom stereocenters. The third kappa shape index (κ3) is 4.70. The van der Waals surface area contributed by atoms with E-state index in [2.05, 4.69) is 47.1 Å². The number of pyridine rings is 2. The SMILES string of the molecule is C=C(c1cnc2ccc(-c3cc(Cl)c(C)c(OC)c3)cc2c1Nc1ccc(N2CCC(N)C2)nc1)C1CC1. The Morgan fingerprint density at radius 2 is 1.92 bits per heavy atom. The molecule has 1 saturated carbocycles. The predicted octanol–water partition coefficient (Wildman–Crippen LogP) is 6.97. The molecule has 1 unspecified atom stereocenters. The Morgan fingerprint density at radius 3 is 2.61 bits per heavy atom. The quantitative estimate of drug-likeness (QED) is 0.271. The maximum absolute atomic E-state index is 6.55. The van der Waals surface area contributed by atoms with Crippen LogP contribution in [-0.4, -0.2) is 36.2 Å². The number of benzene rings is 2. The van der Waals surface area contributed by atoms with Crippen LogP contribution in [0.15, 0.2) is 61.4 Å². The lowest BCUT2D eigenvalue weighted by Gasteiger charge is -2.19. The van der Waals surface area contributed by atoms with E-state index in [0.717, 1.165) is 81.2 Å². The minimum atomic E-state index is 0.214. The largest absolute Gasteiger partial charge is 0.496 e. The van der Waals surface area contributed by atoms with Crippen LogP contribution >= 0.6 is 11.6 Å². The molecule has 0 spiro atoms. The first-order chi connectivity index (χ1) is 18.4. The molecule has 2 aliphatic rings. The van der Waals surface area contributed by atoms with E-state index in [1.54, 1.807) is 7.11 Å². The van der Waals surface area contributed by atoms with Crippen molar-refractivity contribution >= 4 is 45.3 Å². The predicted molar refractivity (Wildman–Crippen MR) is 158 cm³/mol. The molecule has 38 heavy (non-hydrogen) atoms. The molecule has 1 aliphatic heterocycles. The van der Waals surface area contributed by atoms with E-state index in [0.29, 0.717) is 10.9 Å². The minimum absolute atomic E-state index is 0.214. The lowest BCUT2D eigenvalue weighted by atomic mass is 9.97. The van der Waals surface area contributed by atoms with Crippen LogP contribution in [0.3, 0.4) is 0 Å². The zero-order chi connectivity index (χ0) is 26.4. The Balaban J connectivity index is 1.42. The summed E-state index contributed by atoms with van der Waals surface area (Å²) in [5, 5.41) is 5.37. The molecule has 2 aromatic carbocycles. The van der Waals surface area contributed by atoms with Gasteiger partial charge in [0.25, 0.3) is 0 Å². The Bertz CT molecular complexity index is 1530. The molecular formula is C31H32ClN5O. The van der Waals surface area contributed by atoms with Crippen molar-refractivity contribution in [3.05, 3.63) is 77.6 Å². The second-order valence-electron chi connectivity index (χ2n) is 10.4. The first kappa shape index (κ1) is 24.7. The number of nitrogens with one attached hydrogen (secondary N) is 1. The third-order valence-electron chi connectivity index (χ3n) is 7.70. The molecule has 6 nitrogen and oxygen atoms in total. The normalized spacial score (nSPS) is 17.2. The van der Waals surface area contributed by atoms with Gasteiger partial charge in [-0.15, -0.1) is 0 Å². The van der Waals surface area contributed by atoms with Gasteiger partial charge in [0.1, 0.15) is 11.6 Å². The van der Waals surface area contributed by atoms with Crippen LogP contribution in [-0.2, 0) is 0 Å². The Labute approximate surface area is 228 Å². The minimum Gasteiger partial charge on any atom is -0.496 e. The zero-order valence-electron chi connectivity index (χ0n) is 21.8. The summed E-state index contributed by atoms with van der Waals surface area (Å²) in [5.74, 6) is 2.24. The number of allylic oxidation sites excluding steroid dienone is 1. The van der Waals surface area contributed by atoms with E-state index in [1.807, 2.05) is 31.5 Å². The van der Waals surface area contributed by atoms with Gasteiger partial charge in [-0.25, -0.2) is 4.98 Å². The van der Waals surface area contributed by atoms with Crippen molar-refractivity contribution in [3.8, 4) is 16.9 Å². The molecule has 3 heterocycles. The third-order valence-corrected chi connectivity index (χ3v) is 8.09. The number of hydrogen-bond donors (Lipinski definition) is 2. The van der Waals surface area contributed by atoms with Crippen LogP contribution in [0.5, 0.6) is 5.75 Å². The van der Waals surface area contributed by atoms with Crippen LogP contribution < -0.4 is 20.7 Å². The van der Waals surface area contributed by atoms with E-state index in [9.17, 15) is 0 Å². The highest BCUT2D eigenvalue weighted by Gasteiger charge is 2.28. The molecule has 6 rings (SSSR count). The average Bonchev–Trinajstić information content (AvgIpc) is 3.70. The Morgan fingerprint density at radius 1 is 1.08 bits per heavy atom. The summed E-state index contributed by atoms with van der Waals surface area (Å²) in [4.78, 5) is 11.8. The highest BCUT2D eigenvalue weighted by molar-refractivity contribution is 6.31. The first-order valence-corrected chi connectivity index (χ1v) is 13.5. The number of aromatic nitrogens is 2. The number of nitrogens with two attached hydrogens (primary N) is 1. The van der Waals surface area contributed by atoms with Gasteiger partial charge >= 0.3 is 0 Å². The summed E-state index contributed by atoms with van der Waals surface area (Å²) in [6.07, 6.45) is 7.18. The van der Waals surface area contributed by atoms with Gasteiger partial charge < -0.3 is 20.7 Å². The fourth-order valence-electron chi connectivity index (χ4n) is 5.22. The number of hydrogen-bond acceptors (Lipinski definition) is 6. The highest BCUT2D eigenvalue weighted by Crippen LogP contribution is 2.45. The maximum atomic E-state index is 6.55. The molecule has 7 heteroatoms. The number of halogens is 1. The van der Waals surface area contributed by atoms with Gasteiger partial charge in [0, 0.05) is 46.9 Å². The second kappa shape index (κ2) is 9.93. The maximum Gasteiger partial charge on any atom is 0.128 e. The number of nitrogens with zero attached hydrogens (tertiary/aromatic N) is 3. The van der Waals surface area contributed by atoms with Crippen LogP contribution in [0.2, 0.25) is 5.02 Å². The van der Waals surface area contributed by atoms with Crippen molar-refractivity contribution in [1.29, 1.82) is 0 Å². The second-order valence-corrected chi connectivity index (χ2v) is 10.8. The molecule has 2 aromatic heterocycles. The van der Waals surface area contributed by atoms with E-state index in [-0.39, 0.29) is 6.04 Å². The molecule has 1 aliphatic carbocycles. The number of ether oxygens (including phenoxy) is 1. The average molecular weight is 526 g/mol. The molecular weight excluding hydrogens is 494 g/mol. The van der Waals surface area contributed by atoms with E-state index in [1.165, 1.54) is 12.8 Å². The van der Waals surface area contributed by atoms with Gasteiger partial charge in [0.05, 0.1) is 30.2 Å². The lowest BCUT2D eigenvalue weighted by molar-refractivity contribution is 0.412. The molecule has 0 bridgehead atoms. The van der Waals surface area contributed by atoms with Crippen molar-refractivity contribution in [2.24, 2.45) is 11.7 Å². The van der Waals surface area contributed by atoms with E-state index in [4.69, 9.17) is 32.0 Å². The smallest absolute Gasteiger partial charge is 0.128 e. The molecule has 3 N–H and O–H groups in total. The monoisotopic (exact) mass is 525 g/mol. The van der Waals surface area contributed by atoms with Crippen molar-refractivity contribution < 1.29 is 4.74 Å². The van der Waals surface area contributed by atoms with Crippen LogP contribution in [0.1, 0.15) is 30.4 Å². The summed E-state index contributed by atoms with van der Waals surface area (Å²) in [5.41, 5.74) is 14.1. The number of anilines is 3. The van der Waals surface area contributed by atoms with Gasteiger partial charge in [-0.05, 0) is 85.2 Å². The molecule has 4 aromatic rings. The molecule has 0 amide bonds. The summed E-state index contributed by atoms with van der Waals surface area (Å²) in [7, 11) is 1.67. The topological polar surface area (TPSA) is 76.3 Å².